The van der Waals surface area contributed by atoms with E-state index < -0.39 is 0 Å². The number of hydrogen-bond donors (Lipinski definition) is 0. The maximum atomic E-state index is 10.9. The molecule has 0 aromatic heterocycles. The van der Waals surface area contributed by atoms with E-state index in [-0.39, 0.29) is 0 Å². The Balaban J connectivity index is 1.83. The predicted octanol–water partition coefficient (Wildman–Crippen LogP) is 2.67. The van der Waals surface area contributed by atoms with E-state index >= 15 is 0 Å². The molecular weight excluding hydrogens is 324 g/mol. The lowest BCUT2D eigenvalue weighted by atomic mass is 10.1. The molecular formula is C21H28N4O. The second-order valence-corrected chi connectivity index (χ2v) is 7.04. The van der Waals surface area contributed by atoms with Crippen LogP contribution in [0.2, 0.25) is 0 Å². The summed E-state index contributed by atoms with van der Waals surface area (Å²) < 4.78 is 0. The van der Waals surface area contributed by atoms with Crippen LogP contribution >= 0.6 is 0 Å². The molecule has 5 nitrogen and oxygen atoms in total. The molecule has 0 radical (unpaired) electrons. The summed E-state index contributed by atoms with van der Waals surface area (Å²) in [6.07, 6.45) is 0.950. The second kappa shape index (κ2) is 8.13. The maximum Gasteiger partial charge on any atom is 0.209 e. The average molecular weight is 352 g/mol. The van der Waals surface area contributed by atoms with E-state index in [4.69, 9.17) is 0 Å². The van der Waals surface area contributed by atoms with Crippen molar-refractivity contribution < 1.29 is 4.79 Å². The van der Waals surface area contributed by atoms with Gasteiger partial charge in [0.05, 0.1) is 11.4 Å². The van der Waals surface area contributed by atoms with E-state index in [1.54, 1.807) is 0 Å². The highest BCUT2D eigenvalue weighted by Gasteiger charge is 2.18. The third-order valence-electron chi connectivity index (χ3n) is 4.94. The topological polar surface area (TPSA) is 30.0 Å². The van der Waals surface area contributed by atoms with E-state index in [1.807, 2.05) is 11.0 Å². The largest absolute Gasteiger partial charge is 0.376 e. The van der Waals surface area contributed by atoms with Crippen molar-refractivity contribution >= 4 is 23.5 Å². The van der Waals surface area contributed by atoms with Gasteiger partial charge in [-0.25, -0.2) is 0 Å². The summed E-state index contributed by atoms with van der Waals surface area (Å²) in [6.45, 7) is 4.19. The van der Waals surface area contributed by atoms with Crippen LogP contribution < -0.4 is 14.7 Å². The lowest BCUT2D eigenvalue weighted by Gasteiger charge is -2.35. The Morgan fingerprint density at radius 2 is 1.62 bits per heavy atom. The normalized spacial score (nSPS) is 14.3. The highest BCUT2D eigenvalue weighted by atomic mass is 16.1. The lowest BCUT2D eigenvalue weighted by Crippen LogP contribution is -2.45. The Morgan fingerprint density at radius 3 is 2.23 bits per heavy atom. The van der Waals surface area contributed by atoms with E-state index in [9.17, 15) is 4.79 Å². The molecule has 2 aromatic carbocycles. The molecule has 0 saturated carbocycles. The number of rotatable bonds is 6. The number of hydrogen-bond acceptors (Lipinski definition) is 4. The first-order chi connectivity index (χ1) is 12.6. The molecule has 1 amide bonds. The highest BCUT2D eigenvalue weighted by molar-refractivity contribution is 5.76. The predicted molar refractivity (Wildman–Crippen MR) is 109 cm³/mol. The molecule has 5 heteroatoms. The van der Waals surface area contributed by atoms with Gasteiger partial charge in [0.2, 0.25) is 6.41 Å². The van der Waals surface area contributed by atoms with E-state index in [1.165, 1.54) is 22.6 Å². The number of amides is 1. The summed E-state index contributed by atoms with van der Waals surface area (Å²) in [5.41, 5.74) is 4.94. The minimum atomic E-state index is 0.786. The minimum absolute atomic E-state index is 0.786. The number of benzene rings is 2. The smallest absolute Gasteiger partial charge is 0.209 e. The average Bonchev–Trinajstić information content (AvgIpc) is 2.68. The van der Waals surface area contributed by atoms with E-state index in [0.29, 0.717) is 0 Å². The number of piperazine rings is 1. The van der Waals surface area contributed by atoms with Gasteiger partial charge in [-0.3, -0.25) is 4.79 Å². The third kappa shape index (κ3) is 4.10. The first kappa shape index (κ1) is 18.1. The van der Waals surface area contributed by atoms with Gasteiger partial charge in [-0.2, -0.15) is 0 Å². The molecule has 0 N–H and O–H groups in total. The molecule has 138 valence electrons. The summed E-state index contributed by atoms with van der Waals surface area (Å²) in [4.78, 5) is 19.6. The number of anilines is 3. The van der Waals surface area contributed by atoms with Gasteiger partial charge in [-0.15, -0.1) is 0 Å². The van der Waals surface area contributed by atoms with Crippen LogP contribution in [0.25, 0.3) is 0 Å². The number of carbonyl (C=O) groups is 1. The van der Waals surface area contributed by atoms with Crippen LogP contribution in [0.15, 0.2) is 48.5 Å². The fraction of sp³-hybridized carbons (Fsp3) is 0.381. The molecule has 0 spiro atoms. The molecule has 3 rings (SSSR count). The Kier molecular flexibility index (Phi) is 5.66. The van der Waals surface area contributed by atoms with Gasteiger partial charge in [0.1, 0.15) is 0 Å². The maximum absolute atomic E-state index is 10.9. The summed E-state index contributed by atoms with van der Waals surface area (Å²) in [5, 5.41) is 0. The third-order valence-corrected chi connectivity index (χ3v) is 4.94. The van der Waals surface area contributed by atoms with Gasteiger partial charge in [0, 0.05) is 59.6 Å². The van der Waals surface area contributed by atoms with E-state index in [0.717, 1.165) is 39.1 Å². The van der Waals surface area contributed by atoms with Crippen LogP contribution in [0, 0.1) is 0 Å². The van der Waals surface area contributed by atoms with Crippen molar-refractivity contribution in [1.82, 2.24) is 4.90 Å². The first-order valence-corrected chi connectivity index (χ1v) is 9.09. The molecule has 1 fully saturated rings. The Bertz CT molecular complexity index is 724. The Morgan fingerprint density at radius 1 is 0.923 bits per heavy atom. The Hall–Kier alpha value is -2.69. The molecule has 0 aliphatic carbocycles. The standard InChI is InChI=1S/C21H28N4O/c1-22(2)20-10-9-19(25-13-11-24(17-26)12-14-25)15-21(20)23(3)16-18-7-5-4-6-8-18/h4-10,15,17H,11-14,16H2,1-3H3. The zero-order valence-corrected chi connectivity index (χ0v) is 15.9. The monoisotopic (exact) mass is 352 g/mol. The van der Waals surface area contributed by atoms with Crippen molar-refractivity contribution in [2.75, 3.05) is 62.0 Å². The molecule has 1 heterocycles. The SMILES string of the molecule is CN(C)c1ccc(N2CCN(C=O)CC2)cc1N(C)Cc1ccccc1. The van der Waals surface area contributed by atoms with E-state index in [2.05, 4.69) is 78.3 Å². The van der Waals surface area contributed by atoms with Crippen molar-refractivity contribution in [3.63, 3.8) is 0 Å². The van der Waals surface area contributed by atoms with Crippen LogP contribution in [0.3, 0.4) is 0 Å². The summed E-state index contributed by atoms with van der Waals surface area (Å²) >= 11 is 0. The van der Waals surface area contributed by atoms with Crippen LogP contribution in [0.4, 0.5) is 17.1 Å². The number of carbonyl (C=O) groups excluding carboxylic acids is 1. The van der Waals surface area contributed by atoms with Gasteiger partial charge in [0.15, 0.2) is 0 Å². The van der Waals surface area contributed by atoms with Gasteiger partial charge >= 0.3 is 0 Å². The summed E-state index contributed by atoms with van der Waals surface area (Å²) in [7, 11) is 6.30. The molecule has 0 unspecified atom stereocenters. The van der Waals surface area contributed by atoms with Crippen molar-refractivity contribution in [3.05, 3.63) is 54.1 Å². The molecule has 26 heavy (non-hydrogen) atoms. The van der Waals surface area contributed by atoms with Crippen LogP contribution in [0.5, 0.6) is 0 Å². The summed E-state index contributed by atoms with van der Waals surface area (Å²) in [6, 6.07) is 17.2. The van der Waals surface area contributed by atoms with Crippen LogP contribution in [-0.2, 0) is 11.3 Å². The van der Waals surface area contributed by atoms with Gasteiger partial charge in [-0.05, 0) is 23.8 Å². The van der Waals surface area contributed by atoms with Gasteiger partial charge in [0.25, 0.3) is 0 Å². The summed E-state index contributed by atoms with van der Waals surface area (Å²) in [5.74, 6) is 0. The van der Waals surface area contributed by atoms with Crippen molar-refractivity contribution in [2.24, 2.45) is 0 Å². The van der Waals surface area contributed by atoms with Gasteiger partial charge < -0.3 is 19.6 Å². The van der Waals surface area contributed by atoms with Crippen molar-refractivity contribution in [1.29, 1.82) is 0 Å². The number of nitrogens with zero attached hydrogens (tertiary/aromatic N) is 4. The highest BCUT2D eigenvalue weighted by Crippen LogP contribution is 2.33. The van der Waals surface area contributed by atoms with Crippen molar-refractivity contribution in [3.8, 4) is 0 Å². The molecule has 2 aromatic rings. The van der Waals surface area contributed by atoms with Crippen molar-refractivity contribution in [2.45, 2.75) is 6.54 Å². The molecule has 0 atom stereocenters. The molecule has 1 aliphatic rings. The minimum Gasteiger partial charge on any atom is -0.376 e. The fourth-order valence-corrected chi connectivity index (χ4v) is 3.42. The quantitative estimate of drug-likeness (QED) is 0.748. The molecule has 1 aliphatic heterocycles. The molecule has 0 bridgehead atoms. The second-order valence-electron chi connectivity index (χ2n) is 7.04. The molecule has 1 saturated heterocycles. The van der Waals surface area contributed by atoms with Gasteiger partial charge in [-0.1, -0.05) is 30.3 Å². The van der Waals surface area contributed by atoms with Crippen LogP contribution in [0.1, 0.15) is 5.56 Å². The zero-order chi connectivity index (χ0) is 18.5. The fourth-order valence-electron chi connectivity index (χ4n) is 3.42. The lowest BCUT2D eigenvalue weighted by molar-refractivity contribution is -0.118. The van der Waals surface area contributed by atoms with Crippen LogP contribution in [-0.4, -0.2) is 58.6 Å². The Labute approximate surface area is 156 Å². The zero-order valence-electron chi connectivity index (χ0n) is 15.9. The first-order valence-electron chi connectivity index (χ1n) is 9.09.